The van der Waals surface area contributed by atoms with Crippen molar-refractivity contribution in [3.63, 3.8) is 0 Å². The third kappa shape index (κ3) is 3.51. The Hall–Kier alpha value is -1.09. The van der Waals surface area contributed by atoms with Crippen LogP contribution in [0, 0.1) is 11.7 Å². The van der Waals surface area contributed by atoms with Gasteiger partial charge in [0.2, 0.25) is 0 Å². The van der Waals surface area contributed by atoms with Crippen molar-refractivity contribution >= 4 is 5.69 Å². The highest BCUT2D eigenvalue weighted by Crippen LogP contribution is 2.18. The number of halogens is 1. The molecule has 1 rings (SSSR count). The van der Waals surface area contributed by atoms with Crippen LogP contribution in [0.25, 0.3) is 0 Å². The van der Waals surface area contributed by atoms with Gasteiger partial charge in [0.25, 0.3) is 0 Å². The second kappa shape index (κ2) is 5.12. The number of nitrogens with zero attached hydrogens (tertiary/aromatic N) is 1. The molecule has 15 heavy (non-hydrogen) atoms. The van der Waals surface area contributed by atoms with E-state index in [0.29, 0.717) is 11.5 Å². The normalized spacial score (nSPS) is 10.8. The number of aliphatic hydroxyl groups is 1. The molecule has 1 aromatic rings. The predicted molar refractivity (Wildman–Crippen MR) is 60.4 cm³/mol. The van der Waals surface area contributed by atoms with Crippen LogP contribution in [0.5, 0.6) is 0 Å². The molecule has 0 saturated carbocycles. The highest BCUT2D eigenvalue weighted by Gasteiger charge is 2.06. The molecule has 0 amide bonds. The van der Waals surface area contributed by atoms with Crippen molar-refractivity contribution in [2.45, 2.75) is 20.5 Å². The van der Waals surface area contributed by atoms with E-state index in [-0.39, 0.29) is 12.4 Å². The van der Waals surface area contributed by atoms with Crippen molar-refractivity contribution in [2.75, 3.05) is 18.5 Å². The van der Waals surface area contributed by atoms with E-state index in [1.807, 2.05) is 18.0 Å². The van der Waals surface area contributed by atoms with Crippen molar-refractivity contribution in [2.24, 2.45) is 5.92 Å². The Morgan fingerprint density at radius 2 is 2.00 bits per heavy atom. The highest BCUT2D eigenvalue weighted by molar-refractivity contribution is 5.48. The maximum atomic E-state index is 13.2. The molecule has 0 unspecified atom stereocenters. The fourth-order valence-corrected chi connectivity index (χ4v) is 1.60. The van der Waals surface area contributed by atoms with Gasteiger partial charge in [0, 0.05) is 19.3 Å². The third-order valence-corrected chi connectivity index (χ3v) is 2.20. The summed E-state index contributed by atoms with van der Waals surface area (Å²) in [6.45, 7) is 4.97. The first-order valence-electron chi connectivity index (χ1n) is 5.14. The summed E-state index contributed by atoms with van der Waals surface area (Å²) < 4.78 is 13.2. The SMILES string of the molecule is CC(C)CN(C)c1cc(F)cc(CO)c1. The van der Waals surface area contributed by atoms with Crippen LogP contribution in [-0.2, 0) is 6.61 Å². The number of anilines is 1. The number of benzene rings is 1. The largest absolute Gasteiger partial charge is 0.392 e. The van der Waals surface area contributed by atoms with Gasteiger partial charge >= 0.3 is 0 Å². The van der Waals surface area contributed by atoms with Crippen LogP contribution in [0.15, 0.2) is 18.2 Å². The summed E-state index contributed by atoms with van der Waals surface area (Å²) in [5.74, 6) is 0.225. The molecule has 0 aromatic heterocycles. The van der Waals surface area contributed by atoms with Crippen LogP contribution in [0.4, 0.5) is 10.1 Å². The molecule has 0 aliphatic heterocycles. The lowest BCUT2D eigenvalue weighted by atomic mass is 10.1. The van der Waals surface area contributed by atoms with E-state index in [1.165, 1.54) is 12.1 Å². The molecule has 0 fully saturated rings. The summed E-state index contributed by atoms with van der Waals surface area (Å²) in [4.78, 5) is 1.99. The Labute approximate surface area is 90.3 Å². The lowest BCUT2D eigenvalue weighted by Gasteiger charge is -2.22. The van der Waals surface area contributed by atoms with E-state index in [1.54, 1.807) is 0 Å². The topological polar surface area (TPSA) is 23.5 Å². The summed E-state index contributed by atoms with van der Waals surface area (Å²) in [6.07, 6.45) is 0. The maximum Gasteiger partial charge on any atom is 0.125 e. The first kappa shape index (κ1) is 12.0. The Morgan fingerprint density at radius 3 is 2.53 bits per heavy atom. The molecule has 0 saturated heterocycles. The number of hydrogen-bond acceptors (Lipinski definition) is 2. The zero-order valence-corrected chi connectivity index (χ0v) is 9.50. The molecular weight excluding hydrogens is 193 g/mol. The van der Waals surface area contributed by atoms with Gasteiger partial charge in [-0.05, 0) is 29.7 Å². The van der Waals surface area contributed by atoms with Gasteiger partial charge in [0.1, 0.15) is 5.82 Å². The number of aliphatic hydroxyl groups excluding tert-OH is 1. The minimum absolute atomic E-state index is 0.125. The highest BCUT2D eigenvalue weighted by atomic mass is 19.1. The lowest BCUT2D eigenvalue weighted by Crippen LogP contribution is -2.22. The average molecular weight is 211 g/mol. The molecule has 0 aliphatic rings. The second-order valence-corrected chi connectivity index (χ2v) is 4.25. The second-order valence-electron chi connectivity index (χ2n) is 4.25. The number of hydrogen-bond donors (Lipinski definition) is 1. The van der Waals surface area contributed by atoms with Gasteiger partial charge in [0.15, 0.2) is 0 Å². The van der Waals surface area contributed by atoms with Crippen molar-refractivity contribution in [1.29, 1.82) is 0 Å². The predicted octanol–water partition coefficient (Wildman–Crippen LogP) is 2.41. The summed E-state index contributed by atoms with van der Waals surface area (Å²) in [5.41, 5.74) is 1.42. The molecular formula is C12H18FNO. The molecule has 0 atom stereocenters. The van der Waals surface area contributed by atoms with Crippen molar-refractivity contribution in [3.8, 4) is 0 Å². The van der Waals surface area contributed by atoms with Gasteiger partial charge < -0.3 is 10.0 Å². The Morgan fingerprint density at radius 1 is 1.33 bits per heavy atom. The zero-order valence-electron chi connectivity index (χ0n) is 9.50. The van der Waals surface area contributed by atoms with E-state index in [2.05, 4.69) is 13.8 Å². The molecule has 84 valence electrons. The fourth-order valence-electron chi connectivity index (χ4n) is 1.60. The molecule has 0 spiro atoms. The molecule has 1 N–H and O–H groups in total. The standard InChI is InChI=1S/C12H18FNO/c1-9(2)7-14(3)12-5-10(8-15)4-11(13)6-12/h4-6,9,15H,7-8H2,1-3H3. The molecule has 3 heteroatoms. The van der Waals surface area contributed by atoms with Crippen LogP contribution in [-0.4, -0.2) is 18.7 Å². The maximum absolute atomic E-state index is 13.2. The van der Waals surface area contributed by atoms with Gasteiger partial charge in [-0.15, -0.1) is 0 Å². The average Bonchev–Trinajstić information content (AvgIpc) is 2.15. The quantitative estimate of drug-likeness (QED) is 0.826. The van der Waals surface area contributed by atoms with E-state index < -0.39 is 0 Å². The van der Waals surface area contributed by atoms with E-state index in [0.717, 1.165) is 12.2 Å². The lowest BCUT2D eigenvalue weighted by molar-refractivity contribution is 0.281. The zero-order chi connectivity index (χ0) is 11.4. The molecule has 0 bridgehead atoms. The van der Waals surface area contributed by atoms with Gasteiger partial charge in [-0.3, -0.25) is 0 Å². The monoisotopic (exact) mass is 211 g/mol. The minimum atomic E-state index is -0.299. The van der Waals surface area contributed by atoms with Crippen LogP contribution in [0.1, 0.15) is 19.4 Å². The summed E-state index contributed by atoms with van der Waals surface area (Å²) >= 11 is 0. The van der Waals surface area contributed by atoms with Crippen LogP contribution in [0.2, 0.25) is 0 Å². The molecule has 0 radical (unpaired) electrons. The molecule has 0 heterocycles. The third-order valence-electron chi connectivity index (χ3n) is 2.20. The van der Waals surface area contributed by atoms with E-state index in [4.69, 9.17) is 5.11 Å². The molecule has 0 aliphatic carbocycles. The minimum Gasteiger partial charge on any atom is -0.392 e. The van der Waals surface area contributed by atoms with Crippen LogP contribution in [0.3, 0.4) is 0 Å². The van der Waals surface area contributed by atoms with Crippen molar-refractivity contribution < 1.29 is 9.50 Å². The van der Waals surface area contributed by atoms with Crippen LogP contribution < -0.4 is 4.90 Å². The van der Waals surface area contributed by atoms with Gasteiger partial charge in [-0.25, -0.2) is 4.39 Å². The Balaban J connectivity index is 2.88. The summed E-state index contributed by atoms with van der Waals surface area (Å²) in [6, 6.07) is 4.65. The van der Waals surface area contributed by atoms with E-state index in [9.17, 15) is 4.39 Å². The van der Waals surface area contributed by atoms with Gasteiger partial charge in [-0.1, -0.05) is 13.8 Å². The smallest absolute Gasteiger partial charge is 0.125 e. The first-order chi connectivity index (χ1) is 7.02. The first-order valence-corrected chi connectivity index (χ1v) is 5.14. The molecule has 2 nitrogen and oxygen atoms in total. The van der Waals surface area contributed by atoms with Crippen molar-refractivity contribution in [1.82, 2.24) is 0 Å². The Bertz CT molecular complexity index is 325. The van der Waals surface area contributed by atoms with Crippen LogP contribution >= 0.6 is 0 Å². The van der Waals surface area contributed by atoms with Gasteiger partial charge in [-0.2, -0.15) is 0 Å². The summed E-state index contributed by atoms with van der Waals surface area (Å²) in [7, 11) is 1.93. The Kier molecular flexibility index (Phi) is 4.09. The number of rotatable bonds is 4. The molecule has 1 aromatic carbocycles. The fraction of sp³-hybridized carbons (Fsp3) is 0.500. The van der Waals surface area contributed by atoms with E-state index >= 15 is 0 Å². The summed E-state index contributed by atoms with van der Waals surface area (Å²) in [5, 5.41) is 8.96. The van der Waals surface area contributed by atoms with Gasteiger partial charge in [0.05, 0.1) is 6.61 Å². The van der Waals surface area contributed by atoms with Crippen molar-refractivity contribution in [3.05, 3.63) is 29.6 Å².